The van der Waals surface area contributed by atoms with Gasteiger partial charge < -0.3 is 9.67 Å². The first-order valence-electron chi connectivity index (χ1n) is 4.74. The average Bonchev–Trinajstić information content (AvgIpc) is 2.51. The van der Waals surface area contributed by atoms with Crippen molar-refractivity contribution in [2.24, 2.45) is 0 Å². The van der Waals surface area contributed by atoms with E-state index in [1.165, 1.54) is 0 Å². The molecule has 1 aromatic heterocycles. The standard InChI is InChI=1S/C10H16N2O/c1-10(2,3)8-6-12-5-4-7(13)9(12)11-8/h6-7,13H,4-5H2,1-3H3. The number of hydrogen-bond acceptors (Lipinski definition) is 2. The number of aromatic nitrogens is 2. The number of nitrogens with zero attached hydrogens (tertiary/aromatic N) is 2. The largest absolute Gasteiger partial charge is 0.385 e. The van der Waals surface area contributed by atoms with E-state index in [4.69, 9.17) is 0 Å². The molecule has 2 rings (SSSR count). The summed E-state index contributed by atoms with van der Waals surface area (Å²) in [6.45, 7) is 7.31. The van der Waals surface area contributed by atoms with Crippen molar-refractivity contribution in [2.75, 3.05) is 0 Å². The normalized spacial score (nSPS) is 22.0. The third-order valence-electron chi connectivity index (χ3n) is 2.52. The third kappa shape index (κ3) is 1.37. The lowest BCUT2D eigenvalue weighted by molar-refractivity contribution is 0.175. The molecule has 0 aliphatic carbocycles. The quantitative estimate of drug-likeness (QED) is 0.658. The Morgan fingerprint density at radius 1 is 1.54 bits per heavy atom. The van der Waals surface area contributed by atoms with Crippen molar-refractivity contribution in [3.63, 3.8) is 0 Å². The minimum absolute atomic E-state index is 0.0804. The van der Waals surface area contributed by atoms with E-state index in [1.807, 2.05) is 0 Å². The van der Waals surface area contributed by atoms with Gasteiger partial charge in [-0.25, -0.2) is 4.98 Å². The zero-order chi connectivity index (χ0) is 9.64. The molecule has 1 aromatic rings. The van der Waals surface area contributed by atoms with Crippen LogP contribution in [0.5, 0.6) is 0 Å². The van der Waals surface area contributed by atoms with Gasteiger partial charge in [0.05, 0.1) is 5.69 Å². The zero-order valence-electron chi connectivity index (χ0n) is 8.41. The van der Waals surface area contributed by atoms with Crippen LogP contribution in [0.2, 0.25) is 0 Å². The van der Waals surface area contributed by atoms with Crippen LogP contribution in [-0.2, 0) is 12.0 Å². The first kappa shape index (κ1) is 8.75. The summed E-state index contributed by atoms with van der Waals surface area (Å²) < 4.78 is 2.06. The lowest BCUT2D eigenvalue weighted by Crippen LogP contribution is -2.12. The zero-order valence-corrected chi connectivity index (χ0v) is 8.41. The van der Waals surface area contributed by atoms with Crippen LogP contribution in [0.3, 0.4) is 0 Å². The Hall–Kier alpha value is -0.830. The van der Waals surface area contributed by atoms with E-state index in [9.17, 15) is 5.11 Å². The fourth-order valence-electron chi connectivity index (χ4n) is 1.63. The Labute approximate surface area is 78.4 Å². The van der Waals surface area contributed by atoms with Gasteiger partial charge in [-0.2, -0.15) is 0 Å². The average molecular weight is 180 g/mol. The lowest BCUT2D eigenvalue weighted by Gasteiger charge is -2.14. The van der Waals surface area contributed by atoms with Gasteiger partial charge in [0.2, 0.25) is 0 Å². The molecule has 0 spiro atoms. The molecule has 1 atom stereocenters. The molecule has 1 N–H and O–H groups in total. The van der Waals surface area contributed by atoms with Gasteiger partial charge in [0, 0.05) is 18.2 Å². The summed E-state index contributed by atoms with van der Waals surface area (Å²) in [4.78, 5) is 4.46. The van der Waals surface area contributed by atoms with Crippen molar-refractivity contribution in [1.82, 2.24) is 9.55 Å². The summed E-state index contributed by atoms with van der Waals surface area (Å²) >= 11 is 0. The first-order chi connectivity index (χ1) is 5.98. The van der Waals surface area contributed by atoms with E-state index in [1.54, 1.807) is 0 Å². The highest BCUT2D eigenvalue weighted by Crippen LogP contribution is 2.29. The third-order valence-corrected chi connectivity index (χ3v) is 2.52. The number of aliphatic hydroxyl groups is 1. The van der Waals surface area contributed by atoms with E-state index in [0.29, 0.717) is 0 Å². The van der Waals surface area contributed by atoms with Gasteiger partial charge in [-0.3, -0.25) is 0 Å². The van der Waals surface area contributed by atoms with Crippen LogP contribution < -0.4 is 0 Å². The highest BCUT2D eigenvalue weighted by molar-refractivity contribution is 5.16. The number of aliphatic hydroxyl groups excluding tert-OH is 1. The maximum absolute atomic E-state index is 9.58. The second-order valence-electron chi connectivity index (χ2n) is 4.73. The van der Waals surface area contributed by atoms with E-state index in [-0.39, 0.29) is 11.5 Å². The predicted molar refractivity (Wildman–Crippen MR) is 50.5 cm³/mol. The number of hydrogen-bond donors (Lipinski definition) is 1. The molecule has 2 heterocycles. The van der Waals surface area contributed by atoms with Crippen LogP contribution in [0, 0.1) is 0 Å². The van der Waals surface area contributed by atoms with Gasteiger partial charge in [-0.15, -0.1) is 0 Å². The second-order valence-corrected chi connectivity index (χ2v) is 4.73. The van der Waals surface area contributed by atoms with Crippen LogP contribution in [-0.4, -0.2) is 14.7 Å². The summed E-state index contributed by atoms with van der Waals surface area (Å²) in [7, 11) is 0. The van der Waals surface area contributed by atoms with Gasteiger partial charge >= 0.3 is 0 Å². The minimum Gasteiger partial charge on any atom is -0.385 e. The van der Waals surface area contributed by atoms with E-state index < -0.39 is 0 Å². The molecular formula is C10H16N2O. The summed E-state index contributed by atoms with van der Waals surface area (Å²) in [5.74, 6) is 0.838. The fourth-order valence-corrected chi connectivity index (χ4v) is 1.63. The van der Waals surface area contributed by atoms with Crippen LogP contribution in [0.4, 0.5) is 0 Å². The predicted octanol–water partition coefficient (Wildman–Crippen LogP) is 1.62. The molecule has 0 saturated carbocycles. The summed E-state index contributed by atoms with van der Waals surface area (Å²) in [5, 5.41) is 9.58. The van der Waals surface area contributed by atoms with Crippen molar-refractivity contribution < 1.29 is 5.11 Å². The molecule has 1 aliphatic heterocycles. The molecule has 0 amide bonds. The molecule has 0 saturated heterocycles. The molecule has 3 nitrogen and oxygen atoms in total. The van der Waals surface area contributed by atoms with Crippen molar-refractivity contribution >= 4 is 0 Å². The Morgan fingerprint density at radius 3 is 2.77 bits per heavy atom. The number of rotatable bonds is 0. The number of fused-ring (bicyclic) bond motifs is 1. The Morgan fingerprint density at radius 2 is 2.23 bits per heavy atom. The highest BCUT2D eigenvalue weighted by atomic mass is 16.3. The van der Waals surface area contributed by atoms with Gasteiger partial charge in [-0.1, -0.05) is 20.8 Å². The van der Waals surface area contributed by atoms with Crippen LogP contribution in [0.25, 0.3) is 0 Å². The molecule has 0 aromatic carbocycles. The van der Waals surface area contributed by atoms with Crippen molar-refractivity contribution in [1.29, 1.82) is 0 Å². The Kier molecular flexibility index (Phi) is 1.74. The monoisotopic (exact) mass is 180 g/mol. The molecule has 72 valence electrons. The molecule has 13 heavy (non-hydrogen) atoms. The molecule has 1 unspecified atom stereocenters. The molecule has 3 heteroatoms. The van der Waals surface area contributed by atoms with Gasteiger partial charge in [-0.05, 0) is 6.42 Å². The van der Waals surface area contributed by atoms with Crippen LogP contribution >= 0.6 is 0 Å². The summed E-state index contributed by atoms with van der Waals surface area (Å²) in [5.41, 5.74) is 1.15. The first-order valence-corrected chi connectivity index (χ1v) is 4.74. The van der Waals surface area contributed by atoms with Gasteiger partial charge in [0.25, 0.3) is 0 Å². The van der Waals surface area contributed by atoms with E-state index in [2.05, 4.69) is 36.5 Å². The minimum atomic E-state index is -0.351. The van der Waals surface area contributed by atoms with Crippen molar-refractivity contribution in [3.05, 3.63) is 17.7 Å². The maximum atomic E-state index is 9.58. The topological polar surface area (TPSA) is 38.0 Å². The van der Waals surface area contributed by atoms with Crippen LogP contribution in [0.1, 0.15) is 44.8 Å². The molecule has 0 fully saturated rings. The van der Waals surface area contributed by atoms with Crippen molar-refractivity contribution in [2.45, 2.75) is 45.3 Å². The summed E-state index contributed by atoms with van der Waals surface area (Å²) in [6, 6.07) is 0. The van der Waals surface area contributed by atoms with E-state index in [0.717, 1.165) is 24.5 Å². The van der Waals surface area contributed by atoms with Crippen LogP contribution in [0.15, 0.2) is 6.20 Å². The van der Waals surface area contributed by atoms with Gasteiger partial charge in [0.15, 0.2) is 0 Å². The number of imidazole rings is 1. The molecule has 0 radical (unpaired) electrons. The Balaban J connectivity index is 2.40. The van der Waals surface area contributed by atoms with E-state index >= 15 is 0 Å². The maximum Gasteiger partial charge on any atom is 0.138 e. The molecule has 0 bridgehead atoms. The van der Waals surface area contributed by atoms with Crippen molar-refractivity contribution in [3.8, 4) is 0 Å². The molecule has 1 aliphatic rings. The summed E-state index contributed by atoms with van der Waals surface area (Å²) in [6.07, 6.45) is 2.52. The lowest BCUT2D eigenvalue weighted by atomic mass is 9.93. The molecular weight excluding hydrogens is 164 g/mol. The second kappa shape index (κ2) is 2.58. The highest BCUT2D eigenvalue weighted by Gasteiger charge is 2.26. The SMILES string of the molecule is CC(C)(C)c1cn2c(n1)C(O)CC2. The number of aryl methyl sites for hydroxylation is 1. The van der Waals surface area contributed by atoms with Gasteiger partial charge in [0.1, 0.15) is 11.9 Å². The smallest absolute Gasteiger partial charge is 0.138 e. The fraction of sp³-hybridized carbons (Fsp3) is 0.700. The Bertz CT molecular complexity index is 322.